The first-order chi connectivity index (χ1) is 12.0. The van der Waals surface area contributed by atoms with E-state index in [-0.39, 0.29) is 24.5 Å². The molecular weight excluding hydrogens is 429 g/mol. The second kappa shape index (κ2) is 7.86. The number of amides is 1. The molecular formula is C19H20IN3O2. The number of para-hydroxylation sites is 2. The van der Waals surface area contributed by atoms with Gasteiger partial charge in [0.05, 0.1) is 17.1 Å². The van der Waals surface area contributed by atoms with Crippen molar-refractivity contribution >= 4 is 39.5 Å². The van der Waals surface area contributed by atoms with Gasteiger partial charge in [-0.3, -0.25) is 4.79 Å². The molecule has 3 aromatic rings. The zero-order valence-corrected chi connectivity index (χ0v) is 16.3. The van der Waals surface area contributed by atoms with Crippen LogP contribution in [0.5, 0.6) is 5.75 Å². The smallest absolute Gasteiger partial charge is 0.258 e. The fourth-order valence-corrected chi connectivity index (χ4v) is 2.92. The van der Waals surface area contributed by atoms with E-state index in [0.717, 1.165) is 20.4 Å². The third-order valence-electron chi connectivity index (χ3n) is 3.87. The third kappa shape index (κ3) is 4.50. The average molecular weight is 449 g/mol. The number of H-pyrrole nitrogens is 1. The number of nitrogens with one attached hydrogen (secondary N) is 2. The largest absolute Gasteiger partial charge is 0.484 e. The van der Waals surface area contributed by atoms with E-state index in [2.05, 4.69) is 51.7 Å². The number of hydrogen-bond donors (Lipinski definition) is 2. The number of rotatable bonds is 6. The first-order valence-corrected chi connectivity index (χ1v) is 9.23. The van der Waals surface area contributed by atoms with Gasteiger partial charge in [-0.05, 0) is 64.9 Å². The Balaban J connectivity index is 1.66. The molecule has 0 fully saturated rings. The number of ether oxygens (including phenoxy) is 1. The summed E-state index contributed by atoms with van der Waals surface area (Å²) in [5.41, 5.74) is 1.86. The van der Waals surface area contributed by atoms with Crippen molar-refractivity contribution in [3.05, 3.63) is 57.9 Å². The van der Waals surface area contributed by atoms with E-state index in [1.165, 1.54) is 0 Å². The summed E-state index contributed by atoms with van der Waals surface area (Å²) in [6, 6.07) is 15.2. The third-order valence-corrected chi connectivity index (χ3v) is 4.59. The molecule has 1 atom stereocenters. The number of fused-ring (bicyclic) bond motifs is 1. The quantitative estimate of drug-likeness (QED) is 0.558. The van der Waals surface area contributed by atoms with Crippen LogP contribution in [0.4, 0.5) is 0 Å². The maximum Gasteiger partial charge on any atom is 0.258 e. The van der Waals surface area contributed by atoms with Gasteiger partial charge in [0.15, 0.2) is 6.61 Å². The van der Waals surface area contributed by atoms with Crippen molar-refractivity contribution in [2.45, 2.75) is 19.9 Å². The van der Waals surface area contributed by atoms with Gasteiger partial charge in [0.25, 0.3) is 5.91 Å². The number of benzene rings is 2. The van der Waals surface area contributed by atoms with Gasteiger partial charge in [-0.25, -0.2) is 4.98 Å². The molecule has 2 N–H and O–H groups in total. The number of aromatic amines is 1. The van der Waals surface area contributed by atoms with Crippen molar-refractivity contribution in [2.24, 2.45) is 5.92 Å². The number of nitrogens with zero attached hydrogens (tertiary/aromatic N) is 1. The number of aromatic nitrogens is 2. The minimum Gasteiger partial charge on any atom is -0.484 e. The Labute approximate surface area is 160 Å². The Kier molecular flexibility index (Phi) is 5.57. The maximum atomic E-state index is 12.3. The zero-order chi connectivity index (χ0) is 17.8. The fourth-order valence-electron chi connectivity index (χ4n) is 2.57. The molecule has 130 valence electrons. The normalized spacial score (nSPS) is 12.3. The van der Waals surface area contributed by atoms with Crippen LogP contribution >= 0.6 is 22.6 Å². The van der Waals surface area contributed by atoms with Gasteiger partial charge in [-0.2, -0.15) is 0 Å². The Morgan fingerprint density at radius 2 is 1.92 bits per heavy atom. The molecule has 1 unspecified atom stereocenters. The lowest BCUT2D eigenvalue weighted by Crippen LogP contribution is -2.35. The van der Waals surface area contributed by atoms with E-state index >= 15 is 0 Å². The highest BCUT2D eigenvalue weighted by atomic mass is 127. The lowest BCUT2D eigenvalue weighted by molar-refractivity contribution is -0.124. The molecule has 1 aromatic heterocycles. The number of imidazole rings is 1. The van der Waals surface area contributed by atoms with Crippen molar-refractivity contribution in [1.29, 1.82) is 0 Å². The second-order valence-corrected chi connectivity index (χ2v) is 7.42. The minimum atomic E-state index is -0.194. The van der Waals surface area contributed by atoms with Crippen LogP contribution in [0.2, 0.25) is 0 Å². The fraction of sp³-hybridized carbons (Fsp3) is 0.263. The van der Waals surface area contributed by atoms with Crippen LogP contribution in [-0.2, 0) is 4.79 Å². The lowest BCUT2D eigenvalue weighted by Gasteiger charge is -2.20. The maximum absolute atomic E-state index is 12.3. The Hall–Kier alpha value is -2.09. The predicted octanol–water partition coefficient (Wildman–Crippen LogP) is 4.06. The average Bonchev–Trinajstić information content (AvgIpc) is 3.02. The molecule has 0 spiro atoms. The van der Waals surface area contributed by atoms with Crippen molar-refractivity contribution < 1.29 is 9.53 Å². The number of halogens is 1. The molecule has 6 heteroatoms. The van der Waals surface area contributed by atoms with Gasteiger partial charge in [-0.1, -0.05) is 26.0 Å². The standard InChI is InChI=1S/C19H20IN3O2/c1-12(2)18(19-21-15-5-3-4-6-16(15)22-19)23-17(24)11-25-14-9-7-13(20)8-10-14/h3-10,12,18H,11H2,1-2H3,(H,21,22)(H,23,24). The molecule has 0 radical (unpaired) electrons. The molecule has 0 aliphatic carbocycles. The van der Waals surface area contributed by atoms with Crippen LogP contribution in [0.3, 0.4) is 0 Å². The Bertz CT molecular complexity index is 825. The second-order valence-electron chi connectivity index (χ2n) is 6.17. The summed E-state index contributed by atoms with van der Waals surface area (Å²) in [4.78, 5) is 20.2. The van der Waals surface area contributed by atoms with Crippen LogP contribution in [0.15, 0.2) is 48.5 Å². The van der Waals surface area contributed by atoms with Crippen molar-refractivity contribution in [1.82, 2.24) is 15.3 Å². The molecule has 5 nitrogen and oxygen atoms in total. The summed E-state index contributed by atoms with van der Waals surface area (Å²) < 4.78 is 6.68. The van der Waals surface area contributed by atoms with Crippen LogP contribution in [0, 0.1) is 9.49 Å². The molecule has 0 aliphatic rings. The van der Waals surface area contributed by atoms with E-state index < -0.39 is 0 Å². The van der Waals surface area contributed by atoms with Crippen LogP contribution < -0.4 is 10.1 Å². The molecule has 0 aliphatic heterocycles. The van der Waals surface area contributed by atoms with Crippen LogP contribution in [0.25, 0.3) is 11.0 Å². The molecule has 25 heavy (non-hydrogen) atoms. The Morgan fingerprint density at radius 1 is 1.20 bits per heavy atom. The highest BCUT2D eigenvalue weighted by Crippen LogP contribution is 2.22. The Morgan fingerprint density at radius 3 is 2.60 bits per heavy atom. The molecule has 0 saturated heterocycles. The molecule has 0 bridgehead atoms. The summed E-state index contributed by atoms with van der Waals surface area (Å²) >= 11 is 2.23. The summed E-state index contributed by atoms with van der Waals surface area (Å²) in [5, 5.41) is 3.02. The van der Waals surface area contributed by atoms with E-state index in [1.54, 1.807) is 0 Å². The van der Waals surface area contributed by atoms with Crippen LogP contribution in [-0.4, -0.2) is 22.5 Å². The first-order valence-electron chi connectivity index (χ1n) is 8.15. The summed E-state index contributed by atoms with van der Waals surface area (Å²) in [5.74, 6) is 1.47. The number of hydrogen-bond acceptors (Lipinski definition) is 3. The van der Waals surface area contributed by atoms with Gasteiger partial charge < -0.3 is 15.0 Å². The van der Waals surface area contributed by atoms with Crippen molar-refractivity contribution in [3.63, 3.8) is 0 Å². The van der Waals surface area contributed by atoms with Crippen molar-refractivity contribution in [2.75, 3.05) is 6.61 Å². The van der Waals surface area contributed by atoms with E-state index in [1.807, 2.05) is 48.5 Å². The molecule has 0 saturated carbocycles. The number of carbonyl (C=O) groups is 1. The zero-order valence-electron chi connectivity index (χ0n) is 14.1. The lowest BCUT2D eigenvalue weighted by atomic mass is 10.0. The molecule has 1 heterocycles. The van der Waals surface area contributed by atoms with Crippen molar-refractivity contribution in [3.8, 4) is 5.75 Å². The summed E-state index contributed by atoms with van der Waals surface area (Å²) in [6.07, 6.45) is 0. The molecule has 1 amide bonds. The van der Waals surface area contributed by atoms with Gasteiger partial charge >= 0.3 is 0 Å². The topological polar surface area (TPSA) is 67.0 Å². The van der Waals surface area contributed by atoms with Gasteiger partial charge in [0.1, 0.15) is 11.6 Å². The minimum absolute atomic E-state index is 0.0238. The summed E-state index contributed by atoms with van der Waals surface area (Å²) in [6.45, 7) is 4.08. The SMILES string of the molecule is CC(C)C(NC(=O)COc1ccc(I)cc1)c1nc2ccccc2[nH]1. The first kappa shape index (κ1) is 17.7. The highest BCUT2D eigenvalue weighted by molar-refractivity contribution is 14.1. The number of carbonyl (C=O) groups excluding carboxylic acids is 1. The van der Waals surface area contributed by atoms with E-state index in [0.29, 0.717) is 5.75 Å². The monoisotopic (exact) mass is 449 g/mol. The molecule has 3 rings (SSSR count). The van der Waals surface area contributed by atoms with Gasteiger partial charge in [0, 0.05) is 3.57 Å². The predicted molar refractivity (Wildman–Crippen MR) is 106 cm³/mol. The van der Waals surface area contributed by atoms with Gasteiger partial charge in [0.2, 0.25) is 0 Å². The van der Waals surface area contributed by atoms with Gasteiger partial charge in [-0.15, -0.1) is 0 Å². The van der Waals surface area contributed by atoms with E-state index in [4.69, 9.17) is 4.74 Å². The summed E-state index contributed by atoms with van der Waals surface area (Å²) in [7, 11) is 0. The highest BCUT2D eigenvalue weighted by Gasteiger charge is 2.22. The molecule has 2 aromatic carbocycles. The van der Waals surface area contributed by atoms with E-state index in [9.17, 15) is 4.79 Å². The van der Waals surface area contributed by atoms with Crippen LogP contribution in [0.1, 0.15) is 25.7 Å².